The van der Waals surface area contributed by atoms with E-state index in [1.54, 1.807) is 9.80 Å². The maximum Gasteiger partial charge on any atom is 0.317 e. The van der Waals surface area contributed by atoms with Crippen LogP contribution >= 0.6 is 0 Å². The van der Waals surface area contributed by atoms with Crippen molar-refractivity contribution in [3.8, 4) is 11.5 Å². The van der Waals surface area contributed by atoms with Gasteiger partial charge in [-0.3, -0.25) is 9.69 Å². The number of ether oxygens (including phenoxy) is 2. The number of nitrogens with one attached hydrogen (secondary N) is 1. The minimum Gasteiger partial charge on any atom is -0.486 e. The highest BCUT2D eigenvalue weighted by Crippen LogP contribution is 2.35. The molecule has 3 aliphatic heterocycles. The minimum atomic E-state index is -0.219. The summed E-state index contributed by atoms with van der Waals surface area (Å²) < 4.78 is 11.1. The number of piperazine rings is 1. The zero-order chi connectivity index (χ0) is 19.5. The maximum absolute atomic E-state index is 12.5. The molecule has 1 unspecified atom stereocenters. The molecule has 9 heteroatoms. The molecule has 0 spiro atoms. The van der Waals surface area contributed by atoms with Crippen LogP contribution in [0, 0.1) is 0 Å². The fourth-order valence-corrected chi connectivity index (χ4v) is 3.84. The monoisotopic (exact) mass is 390 g/mol. The number of anilines is 1. The van der Waals surface area contributed by atoms with Crippen molar-refractivity contribution >= 4 is 17.6 Å². The quantitative estimate of drug-likeness (QED) is 0.745. The molecule has 3 aliphatic rings. The topological polar surface area (TPSA) is 94.6 Å². The molecule has 28 heavy (non-hydrogen) atoms. The van der Waals surface area contributed by atoms with E-state index >= 15 is 0 Å². The van der Waals surface area contributed by atoms with E-state index in [1.807, 2.05) is 18.2 Å². The van der Waals surface area contributed by atoms with Crippen LogP contribution in [-0.4, -0.2) is 92.0 Å². The van der Waals surface area contributed by atoms with Crippen LogP contribution in [0.5, 0.6) is 11.5 Å². The van der Waals surface area contributed by atoms with Gasteiger partial charge in [0, 0.05) is 57.4 Å². The van der Waals surface area contributed by atoms with Crippen LogP contribution in [0.3, 0.4) is 0 Å². The first-order valence-electron chi connectivity index (χ1n) is 9.73. The number of hydrogen-bond donors (Lipinski definition) is 2. The molecule has 0 saturated carbocycles. The van der Waals surface area contributed by atoms with E-state index in [4.69, 9.17) is 14.6 Å². The summed E-state index contributed by atoms with van der Waals surface area (Å²) in [6, 6.07) is 5.12. The van der Waals surface area contributed by atoms with E-state index in [-0.39, 0.29) is 31.0 Å². The van der Waals surface area contributed by atoms with Crippen molar-refractivity contribution in [2.75, 3.05) is 64.0 Å². The second-order valence-corrected chi connectivity index (χ2v) is 7.24. The van der Waals surface area contributed by atoms with Crippen LogP contribution in [0.1, 0.15) is 6.42 Å². The van der Waals surface area contributed by atoms with E-state index in [2.05, 4.69) is 10.2 Å². The van der Waals surface area contributed by atoms with Gasteiger partial charge in [0.1, 0.15) is 13.2 Å². The molecule has 1 aromatic rings. The summed E-state index contributed by atoms with van der Waals surface area (Å²) >= 11 is 0. The number of aliphatic hydroxyl groups excluding tert-OH is 1. The van der Waals surface area contributed by atoms with Crippen molar-refractivity contribution < 1.29 is 24.2 Å². The zero-order valence-electron chi connectivity index (χ0n) is 15.8. The van der Waals surface area contributed by atoms with E-state index in [0.717, 1.165) is 18.8 Å². The summed E-state index contributed by atoms with van der Waals surface area (Å²) in [5, 5.41) is 12.0. The summed E-state index contributed by atoms with van der Waals surface area (Å²) in [6.45, 7) is 4.97. The van der Waals surface area contributed by atoms with Gasteiger partial charge in [-0.15, -0.1) is 0 Å². The largest absolute Gasteiger partial charge is 0.486 e. The summed E-state index contributed by atoms with van der Waals surface area (Å²) in [6.07, 6.45) is 0.282. The Balaban J connectivity index is 1.33. The van der Waals surface area contributed by atoms with Crippen molar-refractivity contribution in [3.63, 3.8) is 0 Å². The van der Waals surface area contributed by atoms with Crippen molar-refractivity contribution in [1.29, 1.82) is 0 Å². The first-order chi connectivity index (χ1) is 13.6. The van der Waals surface area contributed by atoms with E-state index in [1.165, 1.54) is 0 Å². The van der Waals surface area contributed by atoms with Gasteiger partial charge in [0.2, 0.25) is 5.91 Å². The van der Waals surface area contributed by atoms with Gasteiger partial charge in [0.15, 0.2) is 11.5 Å². The lowest BCUT2D eigenvalue weighted by molar-refractivity contribution is -0.117. The number of hydrogen-bond acceptors (Lipinski definition) is 6. The van der Waals surface area contributed by atoms with Crippen LogP contribution < -0.4 is 19.7 Å². The third-order valence-corrected chi connectivity index (χ3v) is 5.37. The van der Waals surface area contributed by atoms with Crippen molar-refractivity contribution in [1.82, 2.24) is 15.1 Å². The van der Waals surface area contributed by atoms with Gasteiger partial charge in [-0.25, -0.2) is 4.79 Å². The molecule has 3 heterocycles. The molecule has 0 aromatic heterocycles. The Kier molecular flexibility index (Phi) is 5.54. The second kappa shape index (κ2) is 8.24. The zero-order valence-corrected chi connectivity index (χ0v) is 15.8. The fourth-order valence-electron chi connectivity index (χ4n) is 3.84. The number of rotatable bonds is 4. The second-order valence-electron chi connectivity index (χ2n) is 7.24. The number of amides is 3. The normalized spacial score (nSPS) is 22.5. The van der Waals surface area contributed by atoms with Crippen LogP contribution in [0.15, 0.2) is 18.2 Å². The van der Waals surface area contributed by atoms with Gasteiger partial charge >= 0.3 is 6.03 Å². The average Bonchev–Trinajstić information content (AvgIpc) is 3.08. The van der Waals surface area contributed by atoms with Gasteiger partial charge in [-0.05, 0) is 12.1 Å². The highest BCUT2D eigenvalue weighted by Gasteiger charge is 2.33. The number of carbonyl (C=O) groups is 2. The molecule has 152 valence electrons. The highest BCUT2D eigenvalue weighted by molar-refractivity contribution is 5.97. The van der Waals surface area contributed by atoms with Gasteiger partial charge < -0.3 is 29.7 Å². The molecule has 2 saturated heterocycles. The molecule has 0 radical (unpaired) electrons. The fraction of sp³-hybridized carbons (Fsp3) is 0.579. The summed E-state index contributed by atoms with van der Waals surface area (Å²) in [4.78, 5) is 30.6. The molecule has 4 rings (SSSR count). The number of aliphatic hydroxyl groups is 1. The highest BCUT2D eigenvalue weighted by atomic mass is 16.6. The molecule has 0 bridgehead atoms. The van der Waals surface area contributed by atoms with E-state index in [0.29, 0.717) is 50.9 Å². The standard InChI is InChI=1S/C19H26N4O5/c24-8-7-21-3-5-22(6-4-21)19(26)20-14-11-18(25)23(13-14)15-1-2-16-17(12-15)28-10-9-27-16/h1-2,12,14,24H,3-11,13H2,(H,20,26). The van der Waals surface area contributed by atoms with Gasteiger partial charge in [-0.2, -0.15) is 0 Å². The smallest absolute Gasteiger partial charge is 0.317 e. The number of β-amino-alcohol motifs (C(OH)–C–C–N with tert-alkyl or cyclic N) is 1. The third kappa shape index (κ3) is 4.00. The lowest BCUT2D eigenvalue weighted by atomic mass is 10.2. The Morgan fingerprint density at radius 3 is 2.64 bits per heavy atom. The van der Waals surface area contributed by atoms with Crippen LogP contribution in [0.25, 0.3) is 0 Å². The Morgan fingerprint density at radius 2 is 1.89 bits per heavy atom. The summed E-state index contributed by atoms with van der Waals surface area (Å²) in [5.74, 6) is 1.31. The lowest BCUT2D eigenvalue weighted by Crippen LogP contribution is -2.54. The molecular weight excluding hydrogens is 364 g/mol. The number of carbonyl (C=O) groups excluding carboxylic acids is 2. The minimum absolute atomic E-state index is 0.0188. The molecule has 9 nitrogen and oxygen atoms in total. The summed E-state index contributed by atoms with van der Waals surface area (Å²) in [5.41, 5.74) is 0.753. The molecule has 1 atom stereocenters. The van der Waals surface area contributed by atoms with Gasteiger partial charge in [-0.1, -0.05) is 0 Å². The van der Waals surface area contributed by atoms with Crippen molar-refractivity contribution in [2.45, 2.75) is 12.5 Å². The van der Waals surface area contributed by atoms with E-state index in [9.17, 15) is 9.59 Å². The Labute approximate surface area is 163 Å². The van der Waals surface area contributed by atoms with Crippen LogP contribution in [0.4, 0.5) is 10.5 Å². The number of nitrogens with zero attached hydrogens (tertiary/aromatic N) is 3. The number of benzene rings is 1. The first kappa shape index (κ1) is 18.8. The number of urea groups is 1. The lowest BCUT2D eigenvalue weighted by Gasteiger charge is -2.34. The Bertz CT molecular complexity index is 735. The molecular formula is C19H26N4O5. The predicted octanol–water partition coefficient (Wildman–Crippen LogP) is -0.117. The summed E-state index contributed by atoms with van der Waals surface area (Å²) in [7, 11) is 0. The third-order valence-electron chi connectivity index (χ3n) is 5.37. The van der Waals surface area contributed by atoms with Crippen molar-refractivity contribution in [3.05, 3.63) is 18.2 Å². The molecule has 1 aromatic carbocycles. The molecule has 3 amide bonds. The Hall–Kier alpha value is -2.52. The first-order valence-corrected chi connectivity index (χ1v) is 9.73. The average molecular weight is 390 g/mol. The maximum atomic E-state index is 12.5. The van der Waals surface area contributed by atoms with Crippen molar-refractivity contribution in [2.24, 2.45) is 0 Å². The Morgan fingerprint density at radius 1 is 1.14 bits per heavy atom. The molecule has 2 fully saturated rings. The van der Waals surface area contributed by atoms with Crippen LogP contribution in [-0.2, 0) is 4.79 Å². The van der Waals surface area contributed by atoms with Gasteiger partial charge in [0.05, 0.1) is 12.6 Å². The SMILES string of the molecule is O=C(NC1CC(=O)N(c2ccc3c(c2)OCCO3)C1)N1CCN(CCO)CC1. The number of fused-ring (bicyclic) bond motifs is 1. The van der Waals surface area contributed by atoms with Crippen LogP contribution in [0.2, 0.25) is 0 Å². The molecule has 2 N–H and O–H groups in total. The molecule has 0 aliphatic carbocycles. The predicted molar refractivity (Wildman–Crippen MR) is 102 cm³/mol. The van der Waals surface area contributed by atoms with Gasteiger partial charge in [0.25, 0.3) is 0 Å². The van der Waals surface area contributed by atoms with E-state index < -0.39 is 0 Å².